The van der Waals surface area contributed by atoms with Crippen LogP contribution >= 0.6 is 0 Å². The molecule has 0 bridgehead atoms. The van der Waals surface area contributed by atoms with Gasteiger partial charge in [0.1, 0.15) is 0 Å². The molecule has 0 aliphatic heterocycles. The zero-order valence-electron chi connectivity index (χ0n) is 12.8. The molecule has 2 atom stereocenters. The summed E-state index contributed by atoms with van der Waals surface area (Å²) in [6.45, 7) is 17.5. The largest absolute Gasteiger partial charge is 0.383 e. The van der Waals surface area contributed by atoms with E-state index in [1.54, 1.807) is 7.11 Å². The van der Waals surface area contributed by atoms with Crippen LogP contribution in [-0.2, 0) is 4.74 Å². The van der Waals surface area contributed by atoms with Gasteiger partial charge in [-0.1, -0.05) is 34.6 Å². The Balaban J connectivity index is 4.48. The summed E-state index contributed by atoms with van der Waals surface area (Å²) in [6.07, 6.45) is 0. The summed E-state index contributed by atoms with van der Waals surface area (Å²) in [5.74, 6) is 0. The Labute approximate surface area is 108 Å². The molecule has 0 aliphatic carbocycles. The summed E-state index contributed by atoms with van der Waals surface area (Å²) in [7, 11) is 1.77. The first-order chi connectivity index (χ1) is 7.86. The average molecular weight is 244 g/mol. The number of methoxy groups -OCH3 is 1. The van der Waals surface area contributed by atoms with Crippen molar-refractivity contribution in [2.24, 2.45) is 5.41 Å². The average Bonchev–Trinajstić information content (AvgIpc) is 2.22. The number of ether oxygens (including phenoxy) is 1. The number of hydrogen-bond donors (Lipinski definition) is 1. The van der Waals surface area contributed by atoms with Crippen LogP contribution in [0.15, 0.2) is 0 Å². The molecule has 0 aromatic rings. The van der Waals surface area contributed by atoms with Crippen LogP contribution in [0, 0.1) is 5.41 Å². The molecule has 0 heterocycles. The van der Waals surface area contributed by atoms with Crippen LogP contribution in [0.4, 0.5) is 0 Å². The molecule has 3 heteroatoms. The number of likely N-dealkylation sites (N-methyl/N-ethyl adjacent to an activating group) is 2. The summed E-state index contributed by atoms with van der Waals surface area (Å²) < 4.78 is 5.25. The third-order valence-electron chi connectivity index (χ3n) is 3.35. The number of nitrogens with zero attached hydrogens (tertiary/aromatic N) is 1. The second-order valence-corrected chi connectivity index (χ2v) is 5.87. The molecule has 0 aliphatic rings. The van der Waals surface area contributed by atoms with Crippen molar-refractivity contribution in [3.8, 4) is 0 Å². The van der Waals surface area contributed by atoms with Crippen molar-refractivity contribution in [1.29, 1.82) is 0 Å². The summed E-state index contributed by atoms with van der Waals surface area (Å²) in [5.41, 5.74) is 0.288. The Morgan fingerprint density at radius 1 is 1.24 bits per heavy atom. The van der Waals surface area contributed by atoms with Gasteiger partial charge in [-0.15, -0.1) is 0 Å². The molecule has 0 aromatic carbocycles. The second-order valence-electron chi connectivity index (χ2n) is 5.87. The Kier molecular flexibility index (Phi) is 8.01. The monoisotopic (exact) mass is 244 g/mol. The molecule has 17 heavy (non-hydrogen) atoms. The van der Waals surface area contributed by atoms with E-state index < -0.39 is 0 Å². The van der Waals surface area contributed by atoms with Crippen molar-refractivity contribution in [3.63, 3.8) is 0 Å². The third kappa shape index (κ3) is 6.39. The van der Waals surface area contributed by atoms with Gasteiger partial charge < -0.3 is 10.1 Å². The molecule has 0 fully saturated rings. The minimum atomic E-state index is 0.288. The maximum absolute atomic E-state index is 5.25. The number of rotatable bonds is 8. The lowest BCUT2D eigenvalue weighted by Gasteiger charge is -2.38. The molecular formula is C14H32N2O. The highest BCUT2D eigenvalue weighted by molar-refractivity contribution is 4.84. The van der Waals surface area contributed by atoms with Crippen LogP contribution in [0.2, 0.25) is 0 Å². The van der Waals surface area contributed by atoms with E-state index in [2.05, 4.69) is 51.8 Å². The van der Waals surface area contributed by atoms with Crippen LogP contribution in [0.1, 0.15) is 41.5 Å². The molecule has 0 saturated carbocycles. The van der Waals surface area contributed by atoms with Crippen molar-refractivity contribution < 1.29 is 4.74 Å². The highest BCUT2D eigenvalue weighted by Gasteiger charge is 2.26. The van der Waals surface area contributed by atoms with Gasteiger partial charge >= 0.3 is 0 Å². The van der Waals surface area contributed by atoms with Gasteiger partial charge in [0, 0.05) is 25.7 Å². The van der Waals surface area contributed by atoms with Gasteiger partial charge in [0.15, 0.2) is 0 Å². The Bertz CT molecular complexity index is 189. The zero-order valence-corrected chi connectivity index (χ0v) is 12.8. The third-order valence-corrected chi connectivity index (χ3v) is 3.35. The summed E-state index contributed by atoms with van der Waals surface area (Å²) in [5, 5.41) is 3.60. The lowest BCUT2D eigenvalue weighted by atomic mass is 9.86. The first-order valence-electron chi connectivity index (χ1n) is 6.83. The van der Waals surface area contributed by atoms with Crippen LogP contribution < -0.4 is 5.32 Å². The topological polar surface area (TPSA) is 24.5 Å². The van der Waals surface area contributed by atoms with E-state index in [9.17, 15) is 0 Å². The van der Waals surface area contributed by atoms with Crippen molar-refractivity contribution in [1.82, 2.24) is 10.2 Å². The quantitative estimate of drug-likeness (QED) is 0.709. The molecule has 0 aromatic heterocycles. The molecule has 1 N–H and O–H groups in total. The fourth-order valence-corrected chi connectivity index (χ4v) is 2.09. The minimum Gasteiger partial charge on any atom is -0.383 e. The fourth-order valence-electron chi connectivity index (χ4n) is 2.09. The van der Waals surface area contributed by atoms with Gasteiger partial charge in [0.2, 0.25) is 0 Å². The Morgan fingerprint density at radius 2 is 1.82 bits per heavy atom. The summed E-state index contributed by atoms with van der Waals surface area (Å²) in [6, 6.07) is 1.00. The maximum atomic E-state index is 5.25. The predicted molar refractivity (Wildman–Crippen MR) is 75.5 cm³/mol. The van der Waals surface area contributed by atoms with E-state index in [1.807, 2.05) is 0 Å². The Hall–Kier alpha value is -0.120. The molecule has 2 unspecified atom stereocenters. The highest BCUT2D eigenvalue weighted by atomic mass is 16.5. The number of hydrogen-bond acceptors (Lipinski definition) is 3. The normalized spacial score (nSPS) is 16.2. The van der Waals surface area contributed by atoms with Gasteiger partial charge in [-0.05, 0) is 25.4 Å². The second kappa shape index (κ2) is 8.06. The molecular weight excluding hydrogens is 212 g/mol. The SMILES string of the molecule is CCNC(CN(CC)C(C)COC)C(C)(C)C. The maximum Gasteiger partial charge on any atom is 0.0615 e. The molecule has 0 saturated heterocycles. The molecule has 104 valence electrons. The fraction of sp³-hybridized carbons (Fsp3) is 1.00. The van der Waals surface area contributed by atoms with Crippen molar-refractivity contribution >= 4 is 0 Å². The first-order valence-corrected chi connectivity index (χ1v) is 6.83. The van der Waals surface area contributed by atoms with Crippen molar-refractivity contribution in [2.45, 2.75) is 53.6 Å². The first kappa shape index (κ1) is 16.9. The van der Waals surface area contributed by atoms with Gasteiger partial charge in [-0.25, -0.2) is 0 Å². The van der Waals surface area contributed by atoms with Crippen LogP contribution in [0.3, 0.4) is 0 Å². The molecule has 0 radical (unpaired) electrons. The van der Waals surface area contributed by atoms with E-state index in [-0.39, 0.29) is 5.41 Å². The van der Waals surface area contributed by atoms with Gasteiger partial charge in [0.05, 0.1) is 6.61 Å². The van der Waals surface area contributed by atoms with Crippen LogP contribution in [0.5, 0.6) is 0 Å². The molecule has 0 rings (SSSR count). The lowest BCUT2D eigenvalue weighted by Crippen LogP contribution is -2.51. The van der Waals surface area contributed by atoms with Crippen molar-refractivity contribution in [2.75, 3.05) is 33.4 Å². The standard InChI is InChI=1S/C14H32N2O/c1-8-15-13(14(4,5)6)10-16(9-2)12(3)11-17-7/h12-13,15H,8-11H2,1-7H3. The van der Waals surface area contributed by atoms with Crippen molar-refractivity contribution in [3.05, 3.63) is 0 Å². The highest BCUT2D eigenvalue weighted by Crippen LogP contribution is 2.20. The number of nitrogens with one attached hydrogen (secondary N) is 1. The Morgan fingerprint density at radius 3 is 2.18 bits per heavy atom. The van der Waals surface area contributed by atoms with Gasteiger partial charge in [-0.2, -0.15) is 0 Å². The predicted octanol–water partition coefficient (Wildman–Crippen LogP) is 2.37. The van der Waals surface area contributed by atoms with Crippen LogP contribution in [0.25, 0.3) is 0 Å². The molecule has 0 amide bonds. The van der Waals surface area contributed by atoms with E-state index >= 15 is 0 Å². The van der Waals surface area contributed by atoms with E-state index in [4.69, 9.17) is 4.74 Å². The lowest BCUT2D eigenvalue weighted by molar-refractivity contribution is 0.0818. The van der Waals surface area contributed by atoms with E-state index in [0.717, 1.165) is 26.2 Å². The molecule has 3 nitrogen and oxygen atoms in total. The molecule has 0 spiro atoms. The minimum absolute atomic E-state index is 0.288. The zero-order chi connectivity index (χ0) is 13.5. The van der Waals surface area contributed by atoms with Gasteiger partial charge in [0.25, 0.3) is 0 Å². The van der Waals surface area contributed by atoms with E-state index in [0.29, 0.717) is 12.1 Å². The summed E-state index contributed by atoms with van der Waals surface area (Å²) in [4.78, 5) is 2.49. The summed E-state index contributed by atoms with van der Waals surface area (Å²) >= 11 is 0. The smallest absolute Gasteiger partial charge is 0.0615 e. The van der Waals surface area contributed by atoms with Crippen LogP contribution in [-0.4, -0.2) is 50.3 Å². The van der Waals surface area contributed by atoms with E-state index in [1.165, 1.54) is 0 Å². The van der Waals surface area contributed by atoms with Gasteiger partial charge in [-0.3, -0.25) is 4.90 Å².